The first kappa shape index (κ1) is 20.4. The minimum Gasteiger partial charge on any atom is -0.470 e. The third-order valence-corrected chi connectivity index (χ3v) is 5.44. The Hall–Kier alpha value is -2.84. The number of halogens is 1. The van der Waals surface area contributed by atoms with Crippen molar-refractivity contribution in [2.24, 2.45) is 7.05 Å². The van der Waals surface area contributed by atoms with E-state index in [4.69, 9.17) is 16.3 Å². The van der Waals surface area contributed by atoms with Crippen molar-refractivity contribution in [3.63, 3.8) is 0 Å². The average Bonchev–Trinajstić information content (AvgIpc) is 3.38. The third kappa shape index (κ3) is 4.83. The summed E-state index contributed by atoms with van der Waals surface area (Å²) in [6.07, 6.45) is 5.65. The molecule has 1 aliphatic rings. The fourth-order valence-corrected chi connectivity index (χ4v) is 3.66. The Kier molecular flexibility index (Phi) is 6.06. The van der Waals surface area contributed by atoms with E-state index in [0.29, 0.717) is 29.6 Å². The molecule has 9 heteroatoms. The highest BCUT2D eigenvalue weighted by Crippen LogP contribution is 2.25. The zero-order chi connectivity index (χ0) is 21.1. The van der Waals surface area contributed by atoms with Gasteiger partial charge in [-0.1, -0.05) is 17.7 Å². The van der Waals surface area contributed by atoms with Crippen LogP contribution in [-0.2, 0) is 20.3 Å². The fourth-order valence-electron chi connectivity index (χ4n) is 3.49. The van der Waals surface area contributed by atoms with Gasteiger partial charge in [0.15, 0.2) is 12.4 Å². The molecule has 0 saturated carbocycles. The number of carbonyl (C=O) groups excluding carboxylic acids is 1. The van der Waals surface area contributed by atoms with Gasteiger partial charge in [0.2, 0.25) is 0 Å². The number of benzene rings is 1. The molecular formula is C21H25ClN6O2. The Bertz CT molecular complexity index is 1020. The Morgan fingerprint density at radius 1 is 1.20 bits per heavy atom. The molecule has 0 bridgehead atoms. The SMILES string of the molecule is Cc1ccc(Cl)c(OCn2ccc(C(=O)N3CCN(Cc4cnn(C)c4)CC3)n2)c1. The number of nitrogens with zero attached hydrogens (tertiary/aromatic N) is 6. The highest BCUT2D eigenvalue weighted by molar-refractivity contribution is 6.32. The summed E-state index contributed by atoms with van der Waals surface area (Å²) >= 11 is 6.16. The summed E-state index contributed by atoms with van der Waals surface area (Å²) in [5, 5.41) is 9.13. The number of rotatable bonds is 6. The standard InChI is InChI=1S/C21H25ClN6O2/c1-16-3-4-18(22)20(11-16)30-15-28-6-5-19(24-28)21(29)27-9-7-26(8-10-27)14-17-12-23-25(2)13-17/h3-6,11-13H,7-10,14-15H2,1-2H3. The number of piperazine rings is 1. The molecule has 3 heterocycles. The zero-order valence-corrected chi connectivity index (χ0v) is 17.9. The van der Waals surface area contributed by atoms with Crippen molar-refractivity contribution in [1.82, 2.24) is 29.4 Å². The van der Waals surface area contributed by atoms with Crippen molar-refractivity contribution in [3.05, 3.63) is 64.7 Å². The Morgan fingerprint density at radius 2 is 2.00 bits per heavy atom. The van der Waals surface area contributed by atoms with Crippen molar-refractivity contribution in [3.8, 4) is 5.75 Å². The summed E-state index contributed by atoms with van der Waals surface area (Å²) < 4.78 is 9.15. The number of ether oxygens (including phenoxy) is 1. The predicted molar refractivity (Wildman–Crippen MR) is 113 cm³/mol. The van der Waals surface area contributed by atoms with Gasteiger partial charge in [0.25, 0.3) is 5.91 Å². The Balaban J connectivity index is 1.29. The monoisotopic (exact) mass is 428 g/mol. The maximum atomic E-state index is 12.8. The number of aromatic nitrogens is 4. The maximum absolute atomic E-state index is 12.8. The van der Waals surface area contributed by atoms with E-state index < -0.39 is 0 Å². The third-order valence-electron chi connectivity index (χ3n) is 5.12. The molecule has 1 amide bonds. The second-order valence-electron chi connectivity index (χ2n) is 7.54. The quantitative estimate of drug-likeness (QED) is 0.603. The maximum Gasteiger partial charge on any atom is 0.274 e. The van der Waals surface area contributed by atoms with Crippen LogP contribution in [-0.4, -0.2) is 61.4 Å². The molecule has 3 aromatic rings. The van der Waals surface area contributed by atoms with Crippen LogP contribution < -0.4 is 4.74 Å². The van der Waals surface area contributed by atoms with Crippen LogP contribution in [0.15, 0.2) is 42.9 Å². The van der Waals surface area contributed by atoms with Crippen molar-refractivity contribution < 1.29 is 9.53 Å². The Labute approximate surface area is 180 Å². The molecule has 0 aliphatic carbocycles. The molecule has 0 atom stereocenters. The summed E-state index contributed by atoms with van der Waals surface area (Å²) in [6.45, 7) is 6.04. The van der Waals surface area contributed by atoms with Crippen LogP contribution in [0.4, 0.5) is 0 Å². The van der Waals surface area contributed by atoms with E-state index in [-0.39, 0.29) is 12.6 Å². The molecule has 0 unspecified atom stereocenters. The average molecular weight is 429 g/mol. The number of hydrogen-bond acceptors (Lipinski definition) is 5. The van der Waals surface area contributed by atoms with E-state index in [1.165, 1.54) is 5.56 Å². The van der Waals surface area contributed by atoms with E-state index >= 15 is 0 Å². The van der Waals surface area contributed by atoms with Crippen molar-refractivity contribution in [2.45, 2.75) is 20.2 Å². The molecule has 158 valence electrons. The molecule has 1 fully saturated rings. The lowest BCUT2D eigenvalue weighted by atomic mass is 10.2. The predicted octanol–water partition coefficient (Wildman–Crippen LogP) is 2.57. The highest BCUT2D eigenvalue weighted by atomic mass is 35.5. The van der Waals surface area contributed by atoms with Crippen molar-refractivity contribution in [1.29, 1.82) is 0 Å². The molecule has 1 saturated heterocycles. The number of hydrogen-bond donors (Lipinski definition) is 0. The minimum absolute atomic E-state index is 0.0524. The number of amides is 1. The van der Waals surface area contributed by atoms with Gasteiger partial charge >= 0.3 is 0 Å². The van der Waals surface area contributed by atoms with Crippen LogP contribution in [0, 0.1) is 6.92 Å². The molecule has 8 nitrogen and oxygen atoms in total. The first-order valence-corrected chi connectivity index (χ1v) is 10.3. The van der Waals surface area contributed by atoms with E-state index in [9.17, 15) is 4.79 Å². The summed E-state index contributed by atoms with van der Waals surface area (Å²) in [4.78, 5) is 17.0. The van der Waals surface area contributed by atoms with Crippen LogP contribution >= 0.6 is 11.6 Å². The summed E-state index contributed by atoms with van der Waals surface area (Å²) in [7, 11) is 1.92. The molecule has 2 aromatic heterocycles. The largest absolute Gasteiger partial charge is 0.470 e. The molecule has 0 N–H and O–H groups in total. The Morgan fingerprint density at radius 3 is 2.73 bits per heavy atom. The minimum atomic E-state index is -0.0524. The second-order valence-corrected chi connectivity index (χ2v) is 7.95. The number of carbonyl (C=O) groups is 1. The topological polar surface area (TPSA) is 68.4 Å². The van der Waals surface area contributed by atoms with Gasteiger partial charge in [0.05, 0.1) is 11.2 Å². The lowest BCUT2D eigenvalue weighted by Crippen LogP contribution is -2.48. The molecule has 30 heavy (non-hydrogen) atoms. The van der Waals surface area contributed by atoms with Gasteiger partial charge in [-0.05, 0) is 30.7 Å². The normalized spacial score (nSPS) is 14.8. The van der Waals surface area contributed by atoms with Crippen LogP contribution in [0.3, 0.4) is 0 Å². The lowest BCUT2D eigenvalue weighted by molar-refractivity contribution is 0.0621. The summed E-state index contributed by atoms with van der Waals surface area (Å²) in [5.74, 6) is 0.549. The van der Waals surface area contributed by atoms with E-state index in [0.717, 1.165) is 25.2 Å². The molecule has 0 spiro atoms. The first-order valence-electron chi connectivity index (χ1n) is 9.89. The van der Waals surface area contributed by atoms with E-state index in [2.05, 4.69) is 15.1 Å². The summed E-state index contributed by atoms with van der Waals surface area (Å²) in [5.41, 5.74) is 2.67. The highest BCUT2D eigenvalue weighted by Gasteiger charge is 2.24. The van der Waals surface area contributed by atoms with Gasteiger partial charge in [-0.2, -0.15) is 10.2 Å². The van der Waals surface area contributed by atoms with E-state index in [1.54, 1.807) is 23.0 Å². The molecule has 0 radical (unpaired) electrons. The van der Waals surface area contributed by atoms with Gasteiger partial charge in [-0.3, -0.25) is 14.4 Å². The number of aryl methyl sites for hydroxylation is 2. The van der Waals surface area contributed by atoms with Crippen molar-refractivity contribution >= 4 is 17.5 Å². The van der Waals surface area contributed by atoms with Crippen LogP contribution in [0.2, 0.25) is 5.02 Å². The van der Waals surface area contributed by atoms with Gasteiger partial charge < -0.3 is 9.64 Å². The molecule has 1 aliphatic heterocycles. The fraction of sp³-hybridized carbons (Fsp3) is 0.381. The first-order chi connectivity index (χ1) is 14.5. The zero-order valence-electron chi connectivity index (χ0n) is 17.2. The van der Waals surface area contributed by atoms with Gasteiger partial charge in [0, 0.05) is 57.7 Å². The van der Waals surface area contributed by atoms with Crippen LogP contribution in [0.1, 0.15) is 21.6 Å². The molecule has 1 aromatic carbocycles. The molecule has 4 rings (SSSR count). The smallest absolute Gasteiger partial charge is 0.274 e. The van der Waals surface area contributed by atoms with E-state index in [1.807, 2.05) is 48.1 Å². The second kappa shape index (κ2) is 8.89. The van der Waals surface area contributed by atoms with Crippen LogP contribution in [0.5, 0.6) is 5.75 Å². The summed E-state index contributed by atoms with van der Waals surface area (Å²) in [6, 6.07) is 7.34. The van der Waals surface area contributed by atoms with Crippen molar-refractivity contribution in [2.75, 3.05) is 26.2 Å². The lowest BCUT2D eigenvalue weighted by Gasteiger charge is -2.34. The molecular weight excluding hydrogens is 404 g/mol. The van der Waals surface area contributed by atoms with Gasteiger partial charge in [0.1, 0.15) is 5.75 Å². The van der Waals surface area contributed by atoms with Gasteiger partial charge in [-0.15, -0.1) is 0 Å². The van der Waals surface area contributed by atoms with Gasteiger partial charge in [-0.25, -0.2) is 4.68 Å². The van der Waals surface area contributed by atoms with Crippen LogP contribution in [0.25, 0.3) is 0 Å².